The van der Waals surface area contributed by atoms with E-state index in [0.717, 1.165) is 25.7 Å². The molecule has 1 saturated carbocycles. The highest BCUT2D eigenvalue weighted by atomic mass is 19.3. The zero-order chi connectivity index (χ0) is 9.19. The first-order valence-electron chi connectivity index (χ1n) is 4.66. The molecule has 0 amide bonds. The summed E-state index contributed by atoms with van der Waals surface area (Å²) in [5.74, 6) is 0. The average Bonchev–Trinajstić information content (AvgIpc) is 2.06. The van der Waals surface area contributed by atoms with E-state index in [4.69, 9.17) is 0 Å². The van der Waals surface area contributed by atoms with Crippen molar-refractivity contribution in [3.63, 3.8) is 0 Å². The third-order valence-electron chi connectivity index (χ3n) is 3.02. The van der Waals surface area contributed by atoms with E-state index in [1.807, 2.05) is 0 Å². The maximum absolute atomic E-state index is 12.6. The van der Waals surface area contributed by atoms with Crippen molar-refractivity contribution >= 4 is 0 Å². The molecule has 0 aromatic rings. The maximum Gasteiger partial charge on any atom is 0.380 e. The molecule has 0 aromatic carbocycles. The predicted octanol–water partition coefficient (Wildman–Crippen LogP) is 2.62. The highest BCUT2D eigenvalue weighted by molar-refractivity contribution is 4.65. The largest absolute Gasteiger partial charge is 0.380 e. The lowest BCUT2D eigenvalue weighted by atomic mass is 9.93. The molecule has 1 rings (SSSR count). The van der Waals surface area contributed by atoms with Crippen molar-refractivity contribution in [1.82, 2.24) is 0 Å². The Morgan fingerprint density at radius 3 is 2.00 bits per heavy atom. The lowest BCUT2D eigenvalue weighted by Crippen LogP contribution is -2.53. The van der Waals surface area contributed by atoms with Gasteiger partial charge in [0.1, 0.15) is 0 Å². The minimum Gasteiger partial charge on any atom is -0.268 e. The van der Waals surface area contributed by atoms with Crippen LogP contribution in [0, 0.1) is 0 Å². The van der Waals surface area contributed by atoms with Crippen molar-refractivity contribution in [2.24, 2.45) is 0 Å². The van der Waals surface area contributed by atoms with E-state index in [1.165, 1.54) is 6.42 Å². The Morgan fingerprint density at radius 1 is 1.08 bits per heavy atom. The van der Waals surface area contributed by atoms with Gasteiger partial charge in [0, 0.05) is 0 Å². The molecule has 1 fully saturated rings. The van der Waals surface area contributed by atoms with Crippen LogP contribution in [0.25, 0.3) is 0 Å². The number of halogens is 2. The fourth-order valence-electron chi connectivity index (χ4n) is 1.91. The molecule has 0 unspecified atom stereocenters. The van der Waals surface area contributed by atoms with E-state index in [2.05, 4.69) is 0 Å². The second-order valence-electron chi connectivity index (χ2n) is 4.20. The summed E-state index contributed by atoms with van der Waals surface area (Å²) in [4.78, 5) is 0. The lowest BCUT2D eigenvalue weighted by Gasteiger charge is -2.38. The van der Waals surface area contributed by atoms with E-state index in [-0.39, 0.29) is 10.5 Å². The van der Waals surface area contributed by atoms with Gasteiger partial charge in [0.15, 0.2) is 0 Å². The molecule has 0 saturated heterocycles. The zero-order valence-corrected chi connectivity index (χ0v) is 7.89. The Hall–Kier alpha value is -0.180. The minimum absolute atomic E-state index is 0.111. The van der Waals surface area contributed by atoms with Crippen LogP contribution in [0.5, 0.6) is 0 Å². The van der Waals surface area contributed by atoms with Gasteiger partial charge in [0.2, 0.25) is 0 Å². The molecule has 1 aliphatic rings. The Kier molecular flexibility index (Phi) is 3.04. The van der Waals surface area contributed by atoms with Crippen molar-refractivity contribution in [3.05, 3.63) is 0 Å². The van der Waals surface area contributed by atoms with E-state index < -0.39 is 6.55 Å². The molecule has 12 heavy (non-hydrogen) atoms. The van der Waals surface area contributed by atoms with Crippen LogP contribution in [0.4, 0.5) is 8.78 Å². The quantitative estimate of drug-likeness (QED) is 0.450. The SMILES string of the molecule is C[N+](C)(C(F)F)C1CCCCC1. The first kappa shape index (κ1) is 9.90. The topological polar surface area (TPSA) is 0 Å². The molecule has 0 heterocycles. The van der Waals surface area contributed by atoms with Gasteiger partial charge >= 0.3 is 6.55 Å². The van der Waals surface area contributed by atoms with Crippen molar-refractivity contribution in [3.8, 4) is 0 Å². The van der Waals surface area contributed by atoms with E-state index in [0.29, 0.717) is 0 Å². The monoisotopic (exact) mass is 178 g/mol. The number of quaternary nitrogens is 1. The molecule has 0 spiro atoms. The van der Waals surface area contributed by atoms with Crippen LogP contribution in [-0.4, -0.2) is 31.2 Å². The highest BCUT2D eigenvalue weighted by Crippen LogP contribution is 2.28. The summed E-state index contributed by atoms with van der Waals surface area (Å²) in [5, 5.41) is 0. The van der Waals surface area contributed by atoms with Gasteiger partial charge < -0.3 is 0 Å². The minimum atomic E-state index is -2.23. The molecule has 72 valence electrons. The van der Waals surface area contributed by atoms with Crippen LogP contribution in [0.15, 0.2) is 0 Å². The normalized spacial score (nSPS) is 21.8. The Labute approximate surface area is 73.0 Å². The van der Waals surface area contributed by atoms with Crippen LogP contribution in [0.2, 0.25) is 0 Å². The van der Waals surface area contributed by atoms with Crippen LogP contribution < -0.4 is 0 Å². The van der Waals surface area contributed by atoms with Crippen LogP contribution >= 0.6 is 0 Å². The average molecular weight is 178 g/mol. The Balaban J connectivity index is 2.53. The summed E-state index contributed by atoms with van der Waals surface area (Å²) in [6.45, 7) is -2.23. The first-order valence-corrected chi connectivity index (χ1v) is 4.66. The van der Waals surface area contributed by atoms with E-state index >= 15 is 0 Å². The third kappa shape index (κ3) is 1.94. The fourth-order valence-corrected chi connectivity index (χ4v) is 1.91. The molecular weight excluding hydrogens is 160 g/mol. The van der Waals surface area contributed by atoms with E-state index in [9.17, 15) is 8.78 Å². The molecule has 0 bridgehead atoms. The van der Waals surface area contributed by atoms with Crippen LogP contribution in [0.1, 0.15) is 32.1 Å². The van der Waals surface area contributed by atoms with Gasteiger partial charge in [-0.3, -0.25) is 4.48 Å². The maximum atomic E-state index is 12.6. The van der Waals surface area contributed by atoms with Crippen molar-refractivity contribution in [2.75, 3.05) is 14.1 Å². The summed E-state index contributed by atoms with van der Waals surface area (Å²) in [7, 11) is 3.28. The summed E-state index contributed by atoms with van der Waals surface area (Å²) in [6, 6.07) is 0.179. The molecular formula is C9H18F2N+. The molecule has 1 aliphatic carbocycles. The molecule has 3 heteroatoms. The number of alkyl halides is 2. The highest BCUT2D eigenvalue weighted by Gasteiger charge is 2.36. The van der Waals surface area contributed by atoms with E-state index in [1.54, 1.807) is 14.1 Å². The molecule has 0 radical (unpaired) electrons. The molecule has 0 aromatic heterocycles. The smallest absolute Gasteiger partial charge is 0.268 e. The fraction of sp³-hybridized carbons (Fsp3) is 1.00. The van der Waals surface area contributed by atoms with Crippen molar-refractivity contribution < 1.29 is 13.3 Å². The van der Waals surface area contributed by atoms with Crippen molar-refractivity contribution in [1.29, 1.82) is 0 Å². The number of hydrogen-bond acceptors (Lipinski definition) is 0. The van der Waals surface area contributed by atoms with Gasteiger partial charge in [-0.15, -0.1) is 0 Å². The summed E-state index contributed by atoms with van der Waals surface area (Å²) < 4.78 is 25.0. The summed E-state index contributed by atoms with van der Waals surface area (Å²) in [6.07, 6.45) is 5.41. The van der Waals surface area contributed by atoms with Crippen molar-refractivity contribution in [2.45, 2.75) is 44.7 Å². The number of hydrogen-bond donors (Lipinski definition) is 0. The Morgan fingerprint density at radius 2 is 1.58 bits per heavy atom. The van der Waals surface area contributed by atoms with Gasteiger partial charge in [-0.1, -0.05) is 6.42 Å². The molecule has 0 atom stereocenters. The third-order valence-corrected chi connectivity index (χ3v) is 3.02. The number of nitrogens with zero attached hydrogens (tertiary/aromatic N) is 1. The van der Waals surface area contributed by atoms with Gasteiger partial charge in [-0.25, -0.2) is 0 Å². The first-order chi connectivity index (χ1) is 5.55. The van der Waals surface area contributed by atoms with Gasteiger partial charge in [-0.05, 0) is 25.7 Å². The van der Waals surface area contributed by atoms with Crippen LogP contribution in [0.3, 0.4) is 0 Å². The molecule has 0 aliphatic heterocycles. The second kappa shape index (κ2) is 3.69. The Bertz CT molecular complexity index is 139. The predicted molar refractivity (Wildman–Crippen MR) is 45.0 cm³/mol. The summed E-state index contributed by atoms with van der Waals surface area (Å²) in [5.41, 5.74) is 0. The van der Waals surface area contributed by atoms with Gasteiger partial charge in [0.25, 0.3) is 0 Å². The van der Waals surface area contributed by atoms with Gasteiger partial charge in [0.05, 0.1) is 20.1 Å². The lowest BCUT2D eigenvalue weighted by molar-refractivity contribution is -0.968. The molecule has 1 nitrogen and oxygen atoms in total. The van der Waals surface area contributed by atoms with Gasteiger partial charge in [-0.2, -0.15) is 8.78 Å². The van der Waals surface area contributed by atoms with Crippen LogP contribution in [-0.2, 0) is 0 Å². The molecule has 0 N–H and O–H groups in total. The zero-order valence-electron chi connectivity index (χ0n) is 7.89. The summed E-state index contributed by atoms with van der Waals surface area (Å²) >= 11 is 0. The number of rotatable bonds is 2. The second-order valence-corrected chi connectivity index (χ2v) is 4.20. The standard InChI is InChI=1S/C9H18F2N/c1-12(2,9(10)11)8-6-4-3-5-7-8/h8-9H,3-7H2,1-2H3/q+1.